The fourth-order valence-electron chi connectivity index (χ4n) is 1.76. The highest BCUT2D eigenvalue weighted by molar-refractivity contribution is 14.0. The van der Waals surface area contributed by atoms with Gasteiger partial charge in [0.05, 0.1) is 0 Å². The maximum absolute atomic E-state index is 11.7. The van der Waals surface area contributed by atoms with Crippen molar-refractivity contribution in [3.63, 3.8) is 0 Å². The number of thioether (sulfide) groups is 1. The van der Waals surface area contributed by atoms with Crippen LogP contribution in [0.5, 0.6) is 0 Å². The molecule has 1 amide bonds. The van der Waals surface area contributed by atoms with Gasteiger partial charge in [0.25, 0.3) is 0 Å². The first-order chi connectivity index (χ1) is 11.0. The number of rotatable bonds is 8. The molecule has 0 saturated heterocycles. The van der Waals surface area contributed by atoms with Crippen molar-refractivity contribution >= 4 is 47.6 Å². The quantitative estimate of drug-likeness (QED) is 0.352. The second-order valence-electron chi connectivity index (χ2n) is 5.54. The zero-order chi connectivity index (χ0) is 17.1. The van der Waals surface area contributed by atoms with Crippen LogP contribution in [0.1, 0.15) is 12.5 Å². The standard InChI is InChI=1S/C17H28N4OS.HI/c1-14(23-4)12-19-17(20-13-16(22)21(2)3)18-11-10-15-8-6-5-7-9-15;/h5-9,14H,10-13H2,1-4H3,(H2,18,19,20);1H. The molecule has 1 aromatic carbocycles. The van der Waals surface area contributed by atoms with E-state index in [4.69, 9.17) is 0 Å². The van der Waals surface area contributed by atoms with Crippen LogP contribution in [0.15, 0.2) is 35.3 Å². The second-order valence-corrected chi connectivity index (χ2v) is 6.82. The molecule has 0 radical (unpaired) electrons. The van der Waals surface area contributed by atoms with Crippen molar-refractivity contribution in [3.05, 3.63) is 35.9 Å². The van der Waals surface area contributed by atoms with Crippen molar-refractivity contribution in [2.75, 3.05) is 40.0 Å². The molecule has 0 aliphatic heterocycles. The maximum atomic E-state index is 11.7. The lowest BCUT2D eigenvalue weighted by Crippen LogP contribution is -2.41. The van der Waals surface area contributed by atoms with E-state index in [2.05, 4.69) is 40.9 Å². The van der Waals surface area contributed by atoms with Crippen LogP contribution >= 0.6 is 35.7 Å². The van der Waals surface area contributed by atoms with Crippen LogP contribution in [0.25, 0.3) is 0 Å². The van der Waals surface area contributed by atoms with Gasteiger partial charge in [-0.1, -0.05) is 37.3 Å². The lowest BCUT2D eigenvalue weighted by molar-refractivity contribution is -0.127. The Morgan fingerprint density at radius 1 is 1.25 bits per heavy atom. The Labute approximate surface area is 167 Å². The van der Waals surface area contributed by atoms with E-state index in [1.807, 2.05) is 18.2 Å². The van der Waals surface area contributed by atoms with Gasteiger partial charge in [-0.3, -0.25) is 4.79 Å². The van der Waals surface area contributed by atoms with E-state index in [1.165, 1.54) is 5.56 Å². The van der Waals surface area contributed by atoms with E-state index < -0.39 is 0 Å². The van der Waals surface area contributed by atoms with Crippen LogP contribution in [0.2, 0.25) is 0 Å². The molecule has 0 bridgehead atoms. The van der Waals surface area contributed by atoms with Gasteiger partial charge in [0.15, 0.2) is 5.96 Å². The molecule has 1 aromatic rings. The molecule has 7 heteroatoms. The zero-order valence-electron chi connectivity index (χ0n) is 14.9. The van der Waals surface area contributed by atoms with E-state index in [9.17, 15) is 4.79 Å². The fourth-order valence-corrected chi connectivity index (χ4v) is 2.01. The first-order valence-corrected chi connectivity index (χ1v) is 9.10. The summed E-state index contributed by atoms with van der Waals surface area (Å²) in [4.78, 5) is 17.6. The fraction of sp³-hybridized carbons (Fsp3) is 0.529. The highest BCUT2D eigenvalue weighted by Crippen LogP contribution is 2.02. The number of nitrogens with one attached hydrogen (secondary N) is 2. The third-order valence-electron chi connectivity index (χ3n) is 3.38. The number of carbonyl (C=O) groups excluding carboxylic acids is 1. The van der Waals surface area contributed by atoms with Crippen LogP contribution in [0.4, 0.5) is 0 Å². The minimum absolute atomic E-state index is 0. The molecule has 0 saturated carbocycles. The van der Waals surface area contributed by atoms with Gasteiger partial charge in [-0.05, 0) is 18.2 Å². The van der Waals surface area contributed by atoms with Crippen molar-refractivity contribution in [3.8, 4) is 0 Å². The van der Waals surface area contributed by atoms with Gasteiger partial charge in [0.2, 0.25) is 5.91 Å². The molecule has 1 rings (SSSR count). The molecule has 1 unspecified atom stereocenters. The van der Waals surface area contributed by atoms with Gasteiger partial charge in [-0.15, -0.1) is 24.0 Å². The number of nitrogens with zero attached hydrogens (tertiary/aromatic N) is 2. The Morgan fingerprint density at radius 2 is 1.92 bits per heavy atom. The molecule has 5 nitrogen and oxygen atoms in total. The molecule has 0 heterocycles. The summed E-state index contributed by atoms with van der Waals surface area (Å²) in [5, 5.41) is 7.09. The topological polar surface area (TPSA) is 56.7 Å². The van der Waals surface area contributed by atoms with E-state index in [0.29, 0.717) is 11.2 Å². The first kappa shape index (κ1) is 23.0. The number of halogens is 1. The average Bonchev–Trinajstić information content (AvgIpc) is 2.56. The summed E-state index contributed by atoms with van der Waals surface area (Å²) in [5.74, 6) is 0.684. The van der Waals surface area contributed by atoms with Crippen LogP contribution < -0.4 is 10.6 Å². The number of aliphatic imine (C=N–C) groups is 1. The lowest BCUT2D eigenvalue weighted by atomic mass is 10.1. The zero-order valence-corrected chi connectivity index (χ0v) is 18.1. The van der Waals surface area contributed by atoms with Gasteiger partial charge >= 0.3 is 0 Å². The number of benzene rings is 1. The molecule has 136 valence electrons. The maximum Gasteiger partial charge on any atom is 0.243 e. The molecule has 0 aromatic heterocycles. The molecule has 0 aliphatic carbocycles. The molecule has 0 fully saturated rings. The first-order valence-electron chi connectivity index (χ1n) is 7.82. The third-order valence-corrected chi connectivity index (χ3v) is 4.35. The summed E-state index contributed by atoms with van der Waals surface area (Å²) in [5.41, 5.74) is 1.28. The highest BCUT2D eigenvalue weighted by Gasteiger charge is 2.06. The number of carbonyl (C=O) groups is 1. The Hall–Kier alpha value is -0.960. The number of hydrogen-bond donors (Lipinski definition) is 2. The largest absolute Gasteiger partial charge is 0.356 e. The van der Waals surface area contributed by atoms with E-state index in [-0.39, 0.29) is 36.4 Å². The minimum atomic E-state index is -0.00734. The Kier molecular flexibility index (Phi) is 12.8. The minimum Gasteiger partial charge on any atom is -0.356 e. The molecular weight excluding hydrogens is 435 g/mol. The predicted molar refractivity (Wildman–Crippen MR) is 116 cm³/mol. The van der Waals surface area contributed by atoms with Crippen LogP contribution in [0.3, 0.4) is 0 Å². The SMILES string of the molecule is CSC(C)CNC(=NCC(=O)N(C)C)NCCc1ccccc1.I. The Balaban J connectivity index is 0.00000529. The lowest BCUT2D eigenvalue weighted by Gasteiger charge is -2.16. The number of likely N-dealkylation sites (N-methyl/N-ethyl adjacent to an activating group) is 1. The van der Waals surface area contributed by atoms with Crippen molar-refractivity contribution in [2.45, 2.75) is 18.6 Å². The van der Waals surface area contributed by atoms with Gasteiger partial charge in [-0.25, -0.2) is 4.99 Å². The Morgan fingerprint density at radius 3 is 2.50 bits per heavy atom. The van der Waals surface area contributed by atoms with Crippen LogP contribution in [-0.2, 0) is 11.2 Å². The molecule has 1 atom stereocenters. The van der Waals surface area contributed by atoms with Gasteiger partial charge in [0, 0.05) is 32.4 Å². The third kappa shape index (κ3) is 10.0. The monoisotopic (exact) mass is 464 g/mol. The molecule has 0 aliphatic rings. The van der Waals surface area contributed by atoms with Crippen molar-refractivity contribution in [1.82, 2.24) is 15.5 Å². The summed E-state index contributed by atoms with van der Waals surface area (Å²) in [6, 6.07) is 10.3. The second kappa shape index (κ2) is 13.3. The predicted octanol–water partition coefficient (Wildman–Crippen LogP) is 2.22. The number of guanidine groups is 1. The molecule has 2 N–H and O–H groups in total. The van der Waals surface area contributed by atoms with Crippen molar-refractivity contribution in [1.29, 1.82) is 0 Å². The molecule has 0 spiro atoms. The highest BCUT2D eigenvalue weighted by atomic mass is 127. The number of amides is 1. The Bertz CT molecular complexity index is 497. The molecule has 24 heavy (non-hydrogen) atoms. The van der Waals surface area contributed by atoms with Gasteiger partial charge in [-0.2, -0.15) is 11.8 Å². The van der Waals surface area contributed by atoms with Crippen LogP contribution in [-0.4, -0.2) is 62.0 Å². The van der Waals surface area contributed by atoms with Crippen molar-refractivity contribution < 1.29 is 4.79 Å². The smallest absolute Gasteiger partial charge is 0.243 e. The summed E-state index contributed by atoms with van der Waals surface area (Å²) < 4.78 is 0. The van der Waals surface area contributed by atoms with E-state index in [1.54, 1.807) is 30.8 Å². The summed E-state index contributed by atoms with van der Waals surface area (Å²) in [7, 11) is 3.48. The van der Waals surface area contributed by atoms with Gasteiger partial charge < -0.3 is 15.5 Å². The summed E-state index contributed by atoms with van der Waals surface area (Å²) in [6.45, 7) is 3.90. The van der Waals surface area contributed by atoms with E-state index >= 15 is 0 Å². The number of hydrogen-bond acceptors (Lipinski definition) is 3. The van der Waals surface area contributed by atoms with Crippen LogP contribution in [0, 0.1) is 0 Å². The van der Waals surface area contributed by atoms with E-state index in [0.717, 1.165) is 19.5 Å². The van der Waals surface area contributed by atoms with Crippen molar-refractivity contribution in [2.24, 2.45) is 4.99 Å². The summed E-state index contributed by atoms with van der Waals surface area (Å²) >= 11 is 1.80. The molecular formula is C17H29IN4OS. The summed E-state index contributed by atoms with van der Waals surface area (Å²) in [6.07, 6.45) is 3.00. The normalized spacial score (nSPS) is 12.1. The average molecular weight is 464 g/mol. The van der Waals surface area contributed by atoms with Gasteiger partial charge in [0.1, 0.15) is 6.54 Å².